The van der Waals surface area contributed by atoms with Crippen molar-refractivity contribution in [2.75, 3.05) is 5.43 Å². The molecule has 0 bridgehead atoms. The van der Waals surface area contributed by atoms with Crippen LogP contribution in [0.25, 0.3) is 0 Å². The second kappa shape index (κ2) is 5.26. The number of nitrogens with zero attached hydrogens (tertiary/aromatic N) is 2. The molecule has 7 heteroatoms. The molecule has 2 heterocycles. The second-order valence-electron chi connectivity index (χ2n) is 5.97. The van der Waals surface area contributed by atoms with Gasteiger partial charge in [0.1, 0.15) is 12.1 Å². The summed E-state index contributed by atoms with van der Waals surface area (Å²) in [5.41, 5.74) is 3.61. The van der Waals surface area contributed by atoms with Crippen molar-refractivity contribution in [3.8, 4) is 0 Å². The van der Waals surface area contributed by atoms with Gasteiger partial charge in [-0.1, -0.05) is 32.0 Å². The number of carbonyl (C=O) groups excluding carboxylic acids is 2. The molecule has 4 atom stereocenters. The van der Waals surface area contributed by atoms with Gasteiger partial charge in [-0.25, -0.2) is 5.01 Å². The quantitative estimate of drug-likeness (QED) is 0.717. The van der Waals surface area contributed by atoms with Crippen molar-refractivity contribution >= 4 is 17.5 Å². The Balaban J connectivity index is 1.96. The van der Waals surface area contributed by atoms with E-state index in [4.69, 9.17) is 0 Å². The molecular formula is C15H19N3O4. The Morgan fingerprint density at radius 3 is 2.32 bits per heavy atom. The predicted molar refractivity (Wildman–Crippen MR) is 78.2 cm³/mol. The summed E-state index contributed by atoms with van der Waals surface area (Å²) in [5.74, 6) is -1.02. The van der Waals surface area contributed by atoms with Crippen molar-refractivity contribution < 1.29 is 19.8 Å². The van der Waals surface area contributed by atoms with Gasteiger partial charge in [-0.2, -0.15) is 0 Å². The van der Waals surface area contributed by atoms with E-state index in [1.54, 1.807) is 12.1 Å². The number of aliphatic hydroxyl groups is 2. The highest BCUT2D eigenvalue weighted by molar-refractivity contribution is 5.96. The van der Waals surface area contributed by atoms with E-state index in [0.29, 0.717) is 5.69 Å². The second-order valence-corrected chi connectivity index (χ2v) is 5.97. The lowest BCUT2D eigenvalue weighted by Gasteiger charge is -2.27. The number of nitrogens with one attached hydrogen (secondary N) is 1. The van der Waals surface area contributed by atoms with Crippen molar-refractivity contribution in [2.24, 2.45) is 5.92 Å². The first-order valence-electron chi connectivity index (χ1n) is 7.26. The van der Waals surface area contributed by atoms with E-state index in [1.165, 1.54) is 9.91 Å². The highest BCUT2D eigenvalue weighted by Crippen LogP contribution is 2.35. The fourth-order valence-electron chi connectivity index (χ4n) is 3.11. The predicted octanol–water partition coefficient (Wildman–Crippen LogP) is -0.230. The summed E-state index contributed by atoms with van der Waals surface area (Å²) in [6, 6.07) is 8.33. The normalized spacial score (nSPS) is 31.1. The molecule has 3 N–H and O–H groups in total. The zero-order chi connectivity index (χ0) is 16.0. The molecule has 2 fully saturated rings. The van der Waals surface area contributed by atoms with E-state index >= 15 is 0 Å². The average Bonchev–Trinajstić information content (AvgIpc) is 2.89. The minimum absolute atomic E-state index is 0.126. The maximum absolute atomic E-state index is 12.6. The van der Waals surface area contributed by atoms with Gasteiger partial charge in [-0.05, 0) is 18.1 Å². The molecule has 0 saturated carbocycles. The average molecular weight is 305 g/mol. The molecule has 0 aliphatic carbocycles. The zero-order valence-electron chi connectivity index (χ0n) is 12.4. The number of carbonyl (C=O) groups is 2. The molecule has 118 valence electrons. The molecule has 1 aromatic carbocycles. The minimum atomic E-state index is -1.50. The van der Waals surface area contributed by atoms with Crippen LogP contribution in [0.15, 0.2) is 30.3 Å². The van der Waals surface area contributed by atoms with Gasteiger partial charge in [0, 0.05) is 0 Å². The Labute approximate surface area is 128 Å². The summed E-state index contributed by atoms with van der Waals surface area (Å²) in [6.07, 6.45) is -3.74. The summed E-state index contributed by atoms with van der Waals surface area (Å²) in [5, 5.41) is 21.2. The third-order valence-electron chi connectivity index (χ3n) is 4.13. The number of anilines is 1. The lowest BCUT2D eigenvalue weighted by Crippen LogP contribution is -2.47. The number of fused-ring (bicyclic) bond motifs is 1. The van der Waals surface area contributed by atoms with Gasteiger partial charge in [0.25, 0.3) is 11.8 Å². The molecule has 7 nitrogen and oxygen atoms in total. The number of aliphatic hydroxyl groups excluding tert-OH is 2. The standard InChI is InChI=1S/C15H19N3O4/c1-8(2)10-14(21)18(16-9-6-4-3-5-7-9)13-11(19)12(20)15(22)17(10)13/h3-8,10-13,16,19-20H,1-2H3/t10-,11-,12+,13-/m0/s1. The van der Waals surface area contributed by atoms with Crippen LogP contribution in [0.2, 0.25) is 0 Å². The molecule has 22 heavy (non-hydrogen) atoms. The fourth-order valence-corrected chi connectivity index (χ4v) is 3.11. The first-order chi connectivity index (χ1) is 10.4. The summed E-state index contributed by atoms with van der Waals surface area (Å²) in [6.45, 7) is 3.66. The van der Waals surface area contributed by atoms with E-state index in [2.05, 4.69) is 5.43 Å². The number of rotatable bonds is 3. The van der Waals surface area contributed by atoms with Crippen molar-refractivity contribution in [2.45, 2.75) is 38.3 Å². The minimum Gasteiger partial charge on any atom is -0.386 e. The zero-order valence-corrected chi connectivity index (χ0v) is 12.4. The molecule has 2 saturated heterocycles. The van der Waals surface area contributed by atoms with Crippen LogP contribution in [-0.2, 0) is 9.59 Å². The highest BCUT2D eigenvalue weighted by Gasteiger charge is 2.60. The number of hydrogen-bond donors (Lipinski definition) is 3. The number of hydrazine groups is 1. The van der Waals surface area contributed by atoms with Crippen LogP contribution in [0, 0.1) is 5.92 Å². The summed E-state index contributed by atoms with van der Waals surface area (Å²) in [4.78, 5) is 26.1. The maximum Gasteiger partial charge on any atom is 0.266 e. The molecule has 1 aromatic rings. The Morgan fingerprint density at radius 2 is 1.73 bits per heavy atom. The van der Waals surface area contributed by atoms with Crippen molar-refractivity contribution in [1.82, 2.24) is 9.91 Å². The maximum atomic E-state index is 12.6. The molecule has 0 radical (unpaired) electrons. The van der Waals surface area contributed by atoms with E-state index in [9.17, 15) is 19.8 Å². The largest absolute Gasteiger partial charge is 0.386 e. The summed E-state index contributed by atoms with van der Waals surface area (Å²) >= 11 is 0. The molecule has 2 amide bonds. The van der Waals surface area contributed by atoms with Gasteiger partial charge in [-0.15, -0.1) is 0 Å². The molecular weight excluding hydrogens is 286 g/mol. The van der Waals surface area contributed by atoms with Crippen LogP contribution in [0.5, 0.6) is 0 Å². The Kier molecular flexibility index (Phi) is 3.54. The van der Waals surface area contributed by atoms with Gasteiger partial charge in [0.2, 0.25) is 0 Å². The SMILES string of the molecule is CC(C)[C@H]1C(=O)N(Nc2ccccc2)[C@H]2[C@@H](O)[C@@H](O)C(=O)N12. The summed E-state index contributed by atoms with van der Waals surface area (Å²) < 4.78 is 0. The van der Waals surface area contributed by atoms with Crippen LogP contribution in [0.1, 0.15) is 13.8 Å². The Bertz CT molecular complexity index is 592. The van der Waals surface area contributed by atoms with Gasteiger partial charge in [0.05, 0.1) is 5.69 Å². The number of amides is 2. The van der Waals surface area contributed by atoms with Gasteiger partial charge < -0.3 is 15.1 Å². The number of para-hydroxylation sites is 1. The molecule has 3 rings (SSSR count). The molecule has 2 aliphatic heterocycles. The third kappa shape index (κ3) is 2.05. The number of benzene rings is 1. The van der Waals surface area contributed by atoms with Gasteiger partial charge in [-0.3, -0.25) is 15.0 Å². The first kappa shape index (κ1) is 14.8. The van der Waals surface area contributed by atoms with Crippen LogP contribution in [-0.4, -0.2) is 56.4 Å². The molecule has 0 unspecified atom stereocenters. The molecule has 0 aromatic heterocycles. The van der Waals surface area contributed by atoms with E-state index in [0.717, 1.165) is 0 Å². The van der Waals surface area contributed by atoms with E-state index in [1.807, 2.05) is 32.0 Å². The molecule has 0 spiro atoms. The van der Waals surface area contributed by atoms with Crippen LogP contribution in [0.3, 0.4) is 0 Å². The smallest absolute Gasteiger partial charge is 0.266 e. The first-order valence-corrected chi connectivity index (χ1v) is 7.26. The van der Waals surface area contributed by atoms with Crippen molar-refractivity contribution in [3.63, 3.8) is 0 Å². The Morgan fingerprint density at radius 1 is 1.09 bits per heavy atom. The third-order valence-corrected chi connectivity index (χ3v) is 4.13. The molecule has 2 aliphatic rings. The van der Waals surface area contributed by atoms with Crippen LogP contribution < -0.4 is 5.43 Å². The summed E-state index contributed by atoms with van der Waals surface area (Å²) in [7, 11) is 0. The van der Waals surface area contributed by atoms with Gasteiger partial charge in [0.15, 0.2) is 12.3 Å². The van der Waals surface area contributed by atoms with Crippen LogP contribution >= 0.6 is 0 Å². The topological polar surface area (TPSA) is 93.1 Å². The lowest BCUT2D eigenvalue weighted by atomic mass is 10.0. The van der Waals surface area contributed by atoms with Gasteiger partial charge >= 0.3 is 0 Å². The monoisotopic (exact) mass is 305 g/mol. The van der Waals surface area contributed by atoms with E-state index < -0.39 is 30.3 Å². The Hall–Kier alpha value is -2.12. The van der Waals surface area contributed by atoms with Crippen molar-refractivity contribution in [3.05, 3.63) is 30.3 Å². The van der Waals surface area contributed by atoms with Crippen LogP contribution in [0.4, 0.5) is 5.69 Å². The highest BCUT2D eigenvalue weighted by atomic mass is 16.4. The van der Waals surface area contributed by atoms with Crippen molar-refractivity contribution in [1.29, 1.82) is 0 Å². The lowest BCUT2D eigenvalue weighted by molar-refractivity contribution is -0.141. The fraction of sp³-hybridized carbons (Fsp3) is 0.467. The number of hydrogen-bond acceptors (Lipinski definition) is 5. The van der Waals surface area contributed by atoms with E-state index in [-0.39, 0.29) is 11.8 Å².